The van der Waals surface area contributed by atoms with Gasteiger partial charge in [-0.05, 0) is 45.0 Å². The number of amides is 1. The smallest absolute Gasteiger partial charge is 0.251 e. The second-order valence-corrected chi connectivity index (χ2v) is 8.78. The van der Waals surface area contributed by atoms with Gasteiger partial charge in [0.1, 0.15) is 5.82 Å². The summed E-state index contributed by atoms with van der Waals surface area (Å²) in [6, 6.07) is 11.7. The van der Waals surface area contributed by atoms with E-state index < -0.39 is 0 Å². The molecule has 188 valence electrons. The van der Waals surface area contributed by atoms with Crippen LogP contribution in [0.25, 0.3) is 22.3 Å². The van der Waals surface area contributed by atoms with E-state index in [4.69, 9.17) is 24.4 Å². The van der Waals surface area contributed by atoms with E-state index in [1.807, 2.05) is 30.3 Å². The Morgan fingerprint density at radius 3 is 2.86 bits per heavy atom. The molecule has 3 heterocycles. The molecule has 0 saturated carbocycles. The molecule has 1 fully saturated rings. The van der Waals surface area contributed by atoms with Crippen molar-refractivity contribution in [1.82, 2.24) is 20.3 Å². The van der Waals surface area contributed by atoms with Crippen molar-refractivity contribution in [3.63, 3.8) is 0 Å². The van der Waals surface area contributed by atoms with Crippen LogP contribution in [0.1, 0.15) is 32.6 Å². The first-order valence-corrected chi connectivity index (χ1v) is 12.1. The van der Waals surface area contributed by atoms with Crippen molar-refractivity contribution in [1.29, 1.82) is 0 Å². The topological polar surface area (TPSA) is 92.7 Å². The van der Waals surface area contributed by atoms with E-state index in [1.165, 1.54) is 0 Å². The Morgan fingerprint density at radius 2 is 2.14 bits per heavy atom. The standard InChI is InChI=1S/C26H34N6O3.H2/c1-6-31(17(2)15-34-5)26-29-23-21(24(30-26)32-12-13-35-16-18(32)3)10-11-22(28-23)19-8-7-9-20(14-19)25(33)27-4;/h7-11,14,17-18H,6,12-13,15-16H2,1-5H3,(H,27,33);1H/t17-,18-;/m1./s1. The number of rotatable bonds is 8. The number of methoxy groups -OCH3 is 1. The molecule has 9 nitrogen and oxygen atoms in total. The van der Waals surface area contributed by atoms with E-state index in [0.717, 1.165) is 35.6 Å². The molecule has 0 aliphatic carbocycles. The molecule has 0 unspecified atom stereocenters. The molecule has 2 atom stereocenters. The van der Waals surface area contributed by atoms with Gasteiger partial charge in [-0.15, -0.1) is 0 Å². The van der Waals surface area contributed by atoms with Gasteiger partial charge in [0, 0.05) is 39.8 Å². The summed E-state index contributed by atoms with van der Waals surface area (Å²) in [6.45, 7) is 9.69. The number of fused-ring (bicyclic) bond motifs is 1. The van der Waals surface area contributed by atoms with E-state index in [0.29, 0.717) is 37.0 Å². The molecule has 1 saturated heterocycles. The van der Waals surface area contributed by atoms with Gasteiger partial charge in [0.25, 0.3) is 5.91 Å². The first-order chi connectivity index (χ1) is 17.0. The van der Waals surface area contributed by atoms with Crippen LogP contribution in [0.4, 0.5) is 11.8 Å². The quantitative estimate of drug-likeness (QED) is 0.525. The highest BCUT2D eigenvalue weighted by Gasteiger charge is 2.26. The highest BCUT2D eigenvalue weighted by Crippen LogP contribution is 2.31. The minimum atomic E-state index is -0.133. The first-order valence-electron chi connectivity index (χ1n) is 12.1. The van der Waals surface area contributed by atoms with Gasteiger partial charge >= 0.3 is 0 Å². The number of nitrogens with zero attached hydrogens (tertiary/aromatic N) is 5. The van der Waals surface area contributed by atoms with Gasteiger partial charge in [0.05, 0.1) is 43.0 Å². The van der Waals surface area contributed by atoms with Gasteiger partial charge in [-0.3, -0.25) is 4.79 Å². The molecule has 1 N–H and O–H groups in total. The maximum Gasteiger partial charge on any atom is 0.251 e. The number of aromatic nitrogens is 3. The van der Waals surface area contributed by atoms with Crippen LogP contribution in [0.5, 0.6) is 0 Å². The molecule has 4 rings (SSSR count). The summed E-state index contributed by atoms with van der Waals surface area (Å²) in [4.78, 5) is 31.4. The Morgan fingerprint density at radius 1 is 1.31 bits per heavy atom. The number of benzene rings is 1. The lowest BCUT2D eigenvalue weighted by Gasteiger charge is -2.36. The van der Waals surface area contributed by atoms with Gasteiger partial charge in [0.2, 0.25) is 5.95 Å². The Balaban J connectivity index is 0.00000361. The van der Waals surface area contributed by atoms with Crippen LogP contribution >= 0.6 is 0 Å². The van der Waals surface area contributed by atoms with Crippen LogP contribution in [0.2, 0.25) is 0 Å². The third kappa shape index (κ3) is 5.21. The van der Waals surface area contributed by atoms with Crippen LogP contribution in [-0.4, -0.2) is 80.0 Å². The van der Waals surface area contributed by atoms with Crippen molar-refractivity contribution >= 4 is 28.7 Å². The molecular weight excluding hydrogens is 444 g/mol. The lowest BCUT2D eigenvalue weighted by Crippen LogP contribution is -2.44. The number of anilines is 2. The lowest BCUT2D eigenvalue weighted by atomic mass is 10.1. The van der Waals surface area contributed by atoms with Crippen molar-refractivity contribution in [2.45, 2.75) is 32.9 Å². The molecule has 1 aromatic carbocycles. The van der Waals surface area contributed by atoms with E-state index >= 15 is 0 Å². The number of hydrogen-bond donors (Lipinski definition) is 1. The average Bonchev–Trinajstić information content (AvgIpc) is 2.88. The summed E-state index contributed by atoms with van der Waals surface area (Å²) < 4.78 is 11.1. The molecule has 0 radical (unpaired) electrons. The number of ether oxygens (including phenoxy) is 2. The lowest BCUT2D eigenvalue weighted by molar-refractivity contribution is 0.0963. The van der Waals surface area contributed by atoms with Gasteiger partial charge in [0.15, 0.2) is 5.65 Å². The highest BCUT2D eigenvalue weighted by molar-refractivity contribution is 5.95. The molecule has 1 aliphatic rings. The summed E-state index contributed by atoms with van der Waals surface area (Å²) in [5, 5.41) is 3.57. The number of pyridine rings is 1. The van der Waals surface area contributed by atoms with Crippen molar-refractivity contribution in [2.24, 2.45) is 0 Å². The zero-order chi connectivity index (χ0) is 24.9. The van der Waals surface area contributed by atoms with E-state index in [1.54, 1.807) is 20.2 Å². The van der Waals surface area contributed by atoms with Crippen LogP contribution < -0.4 is 15.1 Å². The normalized spacial score (nSPS) is 16.8. The molecular formula is C26H36N6O3. The third-order valence-corrected chi connectivity index (χ3v) is 6.35. The molecule has 35 heavy (non-hydrogen) atoms. The van der Waals surface area contributed by atoms with Crippen molar-refractivity contribution in [3.8, 4) is 11.3 Å². The van der Waals surface area contributed by atoms with Crippen molar-refractivity contribution < 1.29 is 15.7 Å². The molecule has 1 aliphatic heterocycles. The predicted octanol–water partition coefficient (Wildman–Crippen LogP) is 3.38. The zero-order valence-electron chi connectivity index (χ0n) is 21.1. The SMILES string of the molecule is CCN(c1nc(N2CCOC[C@H]2C)c2ccc(-c3cccc(C(=O)NC)c3)nc2n1)[C@H](C)COC.[HH]. The summed E-state index contributed by atoms with van der Waals surface area (Å²) >= 11 is 0. The number of carbonyl (C=O) groups is 1. The number of carbonyl (C=O) groups excluding carboxylic acids is 1. The fraction of sp³-hybridized carbons (Fsp3) is 0.462. The number of hydrogen-bond acceptors (Lipinski definition) is 8. The minimum Gasteiger partial charge on any atom is -0.383 e. The monoisotopic (exact) mass is 480 g/mol. The largest absolute Gasteiger partial charge is 0.383 e. The number of likely N-dealkylation sites (N-methyl/N-ethyl adjacent to an activating group) is 1. The van der Waals surface area contributed by atoms with Crippen molar-refractivity contribution in [2.75, 3.05) is 56.9 Å². The summed E-state index contributed by atoms with van der Waals surface area (Å²) in [5.74, 6) is 1.36. The van der Waals surface area contributed by atoms with Gasteiger partial charge in [-0.1, -0.05) is 12.1 Å². The Labute approximate surface area is 208 Å². The van der Waals surface area contributed by atoms with Gasteiger partial charge in [-0.25, -0.2) is 4.98 Å². The Bertz CT molecular complexity index is 1190. The molecule has 1 amide bonds. The van der Waals surface area contributed by atoms with Crippen molar-refractivity contribution in [3.05, 3.63) is 42.0 Å². The van der Waals surface area contributed by atoms with E-state index in [2.05, 4.69) is 35.9 Å². The Hall–Kier alpha value is -3.30. The maximum absolute atomic E-state index is 12.1. The molecule has 3 aromatic rings. The summed E-state index contributed by atoms with van der Waals surface area (Å²) in [7, 11) is 3.33. The van der Waals surface area contributed by atoms with Crippen LogP contribution in [0.15, 0.2) is 36.4 Å². The maximum atomic E-state index is 12.1. The second-order valence-electron chi connectivity index (χ2n) is 8.78. The molecule has 2 aromatic heterocycles. The number of nitrogens with one attached hydrogen (secondary N) is 1. The molecule has 0 bridgehead atoms. The van der Waals surface area contributed by atoms with E-state index in [-0.39, 0.29) is 19.4 Å². The van der Waals surface area contributed by atoms with Crippen LogP contribution in [0, 0.1) is 0 Å². The average molecular weight is 481 g/mol. The second kappa shape index (κ2) is 11.0. The van der Waals surface area contributed by atoms with E-state index in [9.17, 15) is 4.79 Å². The molecule has 0 spiro atoms. The Kier molecular flexibility index (Phi) is 7.77. The highest BCUT2D eigenvalue weighted by atomic mass is 16.5. The fourth-order valence-electron chi connectivity index (χ4n) is 4.48. The molecule has 9 heteroatoms. The van der Waals surface area contributed by atoms with Gasteiger partial charge in [-0.2, -0.15) is 9.97 Å². The van der Waals surface area contributed by atoms with Gasteiger partial charge < -0.3 is 24.6 Å². The van der Waals surface area contributed by atoms with Crippen LogP contribution in [0.3, 0.4) is 0 Å². The zero-order valence-corrected chi connectivity index (χ0v) is 21.1. The van der Waals surface area contributed by atoms with Crippen LogP contribution in [-0.2, 0) is 9.47 Å². The summed E-state index contributed by atoms with van der Waals surface area (Å²) in [5.41, 5.74) is 2.81. The minimum absolute atomic E-state index is 0. The third-order valence-electron chi connectivity index (χ3n) is 6.35. The predicted molar refractivity (Wildman–Crippen MR) is 140 cm³/mol. The fourth-order valence-corrected chi connectivity index (χ4v) is 4.48. The summed E-state index contributed by atoms with van der Waals surface area (Å²) in [6.07, 6.45) is 0. The first kappa shape index (κ1) is 24.8. The number of morpholine rings is 1.